The summed E-state index contributed by atoms with van der Waals surface area (Å²) in [6.45, 7) is 3.14. The van der Waals surface area contributed by atoms with E-state index in [9.17, 15) is 0 Å². The largest absolute Gasteiger partial charge is 0.395 e. The van der Waals surface area contributed by atoms with Gasteiger partial charge in [0.05, 0.1) is 21.6 Å². The van der Waals surface area contributed by atoms with E-state index in [2.05, 4.69) is 23.3 Å². The van der Waals surface area contributed by atoms with Crippen molar-refractivity contribution in [2.24, 2.45) is 0 Å². The highest BCUT2D eigenvalue weighted by atomic mass is 32.1. The fourth-order valence-electron chi connectivity index (χ4n) is 1.51. The Morgan fingerprint density at radius 2 is 2.33 bits per heavy atom. The van der Waals surface area contributed by atoms with Gasteiger partial charge in [0, 0.05) is 6.54 Å². The minimum absolute atomic E-state index is 0.768. The molecular formula is C11H15N3S. The maximum absolute atomic E-state index is 6.03. The Hall–Kier alpha value is -1.29. The lowest BCUT2D eigenvalue weighted by Gasteiger charge is -2.08. The van der Waals surface area contributed by atoms with E-state index in [1.165, 1.54) is 6.42 Å². The second-order valence-electron chi connectivity index (χ2n) is 3.51. The quantitative estimate of drug-likeness (QED) is 0.616. The first-order valence-corrected chi connectivity index (χ1v) is 6.06. The molecule has 2 aromatic rings. The van der Waals surface area contributed by atoms with E-state index in [4.69, 9.17) is 5.73 Å². The van der Waals surface area contributed by atoms with Crippen LogP contribution in [0.2, 0.25) is 0 Å². The number of anilines is 2. The molecule has 0 radical (unpaired) electrons. The third kappa shape index (κ3) is 2.04. The highest BCUT2D eigenvalue weighted by Crippen LogP contribution is 2.29. The smallest absolute Gasteiger partial charge is 0.106 e. The molecule has 0 unspecified atom stereocenters. The van der Waals surface area contributed by atoms with Gasteiger partial charge in [0.2, 0.25) is 0 Å². The highest BCUT2D eigenvalue weighted by Gasteiger charge is 2.05. The number of rotatable bonds is 4. The zero-order valence-electron chi connectivity index (χ0n) is 8.79. The van der Waals surface area contributed by atoms with E-state index in [-0.39, 0.29) is 0 Å². The van der Waals surface area contributed by atoms with Crippen molar-refractivity contribution in [3.8, 4) is 0 Å². The first-order chi connectivity index (χ1) is 7.33. The van der Waals surface area contributed by atoms with Gasteiger partial charge in [-0.25, -0.2) is 4.98 Å². The van der Waals surface area contributed by atoms with Gasteiger partial charge in [0.1, 0.15) is 5.52 Å². The number of aromatic nitrogens is 1. The highest BCUT2D eigenvalue weighted by molar-refractivity contribution is 7.16. The van der Waals surface area contributed by atoms with E-state index < -0.39 is 0 Å². The number of nitrogens with zero attached hydrogens (tertiary/aromatic N) is 1. The van der Waals surface area contributed by atoms with Crippen molar-refractivity contribution < 1.29 is 0 Å². The van der Waals surface area contributed by atoms with E-state index in [1.54, 1.807) is 11.3 Å². The van der Waals surface area contributed by atoms with Crippen LogP contribution in [0.5, 0.6) is 0 Å². The average molecular weight is 221 g/mol. The molecule has 0 spiro atoms. The van der Waals surface area contributed by atoms with Crippen molar-refractivity contribution in [3.05, 3.63) is 17.6 Å². The monoisotopic (exact) mass is 221 g/mol. The molecule has 3 nitrogen and oxygen atoms in total. The number of hydrogen-bond acceptors (Lipinski definition) is 4. The lowest BCUT2D eigenvalue weighted by molar-refractivity contribution is 0.834. The summed E-state index contributed by atoms with van der Waals surface area (Å²) >= 11 is 1.62. The van der Waals surface area contributed by atoms with Gasteiger partial charge in [0.15, 0.2) is 0 Å². The zero-order chi connectivity index (χ0) is 10.7. The van der Waals surface area contributed by atoms with Crippen LogP contribution in [0.3, 0.4) is 0 Å². The molecular weight excluding hydrogens is 206 g/mol. The average Bonchev–Trinajstić information content (AvgIpc) is 2.70. The lowest BCUT2D eigenvalue weighted by atomic mass is 10.2. The van der Waals surface area contributed by atoms with Crippen molar-refractivity contribution in [1.29, 1.82) is 0 Å². The van der Waals surface area contributed by atoms with Gasteiger partial charge in [-0.2, -0.15) is 0 Å². The lowest BCUT2D eigenvalue weighted by Crippen LogP contribution is -2.03. The predicted molar refractivity (Wildman–Crippen MR) is 67.4 cm³/mol. The van der Waals surface area contributed by atoms with E-state index >= 15 is 0 Å². The molecule has 4 heteroatoms. The number of thiazole rings is 1. The van der Waals surface area contributed by atoms with Crippen LogP contribution in [0.4, 0.5) is 11.4 Å². The fourth-order valence-corrected chi connectivity index (χ4v) is 2.20. The zero-order valence-corrected chi connectivity index (χ0v) is 9.60. The second-order valence-corrected chi connectivity index (χ2v) is 4.39. The standard InChI is InChI=1S/C11H15N3S/c1-2-3-6-13-8-4-5-9-11(10(8)12)14-7-15-9/h4-5,7,13H,2-3,6,12H2,1H3. The molecule has 1 aromatic carbocycles. The van der Waals surface area contributed by atoms with Gasteiger partial charge >= 0.3 is 0 Å². The number of nitrogens with one attached hydrogen (secondary N) is 1. The third-order valence-corrected chi connectivity index (χ3v) is 3.18. The van der Waals surface area contributed by atoms with Crippen LogP contribution in [0, 0.1) is 0 Å². The molecule has 0 saturated heterocycles. The van der Waals surface area contributed by atoms with Crippen LogP contribution in [0.25, 0.3) is 10.2 Å². The fraction of sp³-hybridized carbons (Fsp3) is 0.364. The first kappa shape index (κ1) is 10.2. The molecule has 0 atom stereocenters. The van der Waals surface area contributed by atoms with Gasteiger partial charge in [-0.1, -0.05) is 13.3 Å². The Balaban J connectivity index is 2.23. The van der Waals surface area contributed by atoms with Crippen LogP contribution in [0.15, 0.2) is 17.6 Å². The molecule has 0 saturated carbocycles. The molecule has 0 bridgehead atoms. The normalized spacial score (nSPS) is 10.7. The summed E-state index contributed by atoms with van der Waals surface area (Å²) in [5, 5.41) is 3.34. The van der Waals surface area contributed by atoms with Gasteiger partial charge < -0.3 is 11.1 Å². The van der Waals surface area contributed by atoms with E-state index in [1.807, 2.05) is 11.6 Å². The second kappa shape index (κ2) is 4.49. The van der Waals surface area contributed by atoms with Crippen LogP contribution in [-0.4, -0.2) is 11.5 Å². The molecule has 3 N–H and O–H groups in total. The Morgan fingerprint density at radius 1 is 1.47 bits per heavy atom. The summed E-state index contributed by atoms with van der Waals surface area (Å²) in [7, 11) is 0. The Bertz CT molecular complexity index is 450. The van der Waals surface area contributed by atoms with Crippen LogP contribution < -0.4 is 11.1 Å². The summed E-state index contributed by atoms with van der Waals surface area (Å²) in [6.07, 6.45) is 2.35. The molecule has 0 aliphatic rings. The molecule has 0 aliphatic heterocycles. The first-order valence-electron chi connectivity index (χ1n) is 5.18. The van der Waals surface area contributed by atoms with Gasteiger partial charge in [-0.3, -0.25) is 0 Å². The van der Waals surface area contributed by atoms with Crippen molar-refractivity contribution >= 4 is 32.9 Å². The SMILES string of the molecule is CCCCNc1ccc2scnc2c1N. The molecule has 2 rings (SSSR count). The number of nitrogen functional groups attached to an aromatic ring is 1. The Kier molecular flexibility index (Phi) is 3.06. The van der Waals surface area contributed by atoms with Gasteiger partial charge in [-0.15, -0.1) is 11.3 Å². The minimum atomic E-state index is 0.768. The molecule has 0 amide bonds. The molecule has 0 aliphatic carbocycles. The van der Waals surface area contributed by atoms with Crippen molar-refractivity contribution in [3.63, 3.8) is 0 Å². The van der Waals surface area contributed by atoms with E-state index in [0.29, 0.717) is 0 Å². The van der Waals surface area contributed by atoms with Crippen molar-refractivity contribution in [1.82, 2.24) is 4.98 Å². The maximum Gasteiger partial charge on any atom is 0.106 e. The molecule has 1 aromatic heterocycles. The molecule has 80 valence electrons. The van der Waals surface area contributed by atoms with Crippen LogP contribution >= 0.6 is 11.3 Å². The Morgan fingerprint density at radius 3 is 3.13 bits per heavy atom. The number of hydrogen-bond donors (Lipinski definition) is 2. The minimum Gasteiger partial charge on any atom is -0.395 e. The summed E-state index contributed by atoms with van der Waals surface area (Å²) in [5.74, 6) is 0. The molecule has 0 fully saturated rings. The van der Waals surface area contributed by atoms with Crippen molar-refractivity contribution in [2.75, 3.05) is 17.6 Å². The van der Waals surface area contributed by atoms with Gasteiger partial charge in [0.25, 0.3) is 0 Å². The number of nitrogens with two attached hydrogens (primary N) is 1. The maximum atomic E-state index is 6.03. The summed E-state index contributed by atoms with van der Waals surface area (Å²) in [5.41, 5.74) is 10.5. The summed E-state index contributed by atoms with van der Waals surface area (Å²) in [4.78, 5) is 4.26. The van der Waals surface area contributed by atoms with Crippen LogP contribution in [-0.2, 0) is 0 Å². The number of fused-ring (bicyclic) bond motifs is 1. The van der Waals surface area contributed by atoms with Gasteiger partial charge in [-0.05, 0) is 18.6 Å². The molecule has 1 heterocycles. The van der Waals surface area contributed by atoms with Crippen molar-refractivity contribution in [2.45, 2.75) is 19.8 Å². The summed E-state index contributed by atoms with van der Waals surface area (Å²) in [6, 6.07) is 4.10. The number of benzene rings is 1. The topological polar surface area (TPSA) is 50.9 Å². The third-order valence-electron chi connectivity index (χ3n) is 2.39. The van der Waals surface area contributed by atoms with E-state index in [0.717, 1.165) is 34.6 Å². The number of unbranched alkanes of at least 4 members (excludes halogenated alkanes) is 1. The Labute approximate surface area is 93.3 Å². The predicted octanol–water partition coefficient (Wildman–Crippen LogP) is 3.09. The van der Waals surface area contributed by atoms with Crippen LogP contribution in [0.1, 0.15) is 19.8 Å². The summed E-state index contributed by atoms with van der Waals surface area (Å²) < 4.78 is 1.15. The molecule has 15 heavy (non-hydrogen) atoms.